The molecule has 0 amide bonds. The van der Waals surface area contributed by atoms with Crippen LogP contribution in [0.25, 0.3) is 0 Å². The van der Waals surface area contributed by atoms with Gasteiger partial charge in [-0.15, -0.1) is 0 Å². The van der Waals surface area contributed by atoms with Crippen molar-refractivity contribution in [3.63, 3.8) is 0 Å². The fourth-order valence-corrected chi connectivity index (χ4v) is 8.57. The van der Waals surface area contributed by atoms with Gasteiger partial charge >= 0.3 is 11.9 Å². The third-order valence-corrected chi connectivity index (χ3v) is 9.53. The van der Waals surface area contributed by atoms with Crippen LogP contribution in [0, 0.1) is 33.5 Å². The van der Waals surface area contributed by atoms with Crippen molar-refractivity contribution in [2.24, 2.45) is 33.5 Å². The summed E-state index contributed by atoms with van der Waals surface area (Å²) < 4.78 is 11.1. The Labute approximate surface area is 163 Å². The van der Waals surface area contributed by atoms with Crippen molar-refractivity contribution in [1.82, 2.24) is 0 Å². The summed E-state index contributed by atoms with van der Waals surface area (Å²) in [4.78, 5) is 24.4. The molecule has 4 fully saturated rings. The van der Waals surface area contributed by atoms with Crippen molar-refractivity contribution < 1.29 is 19.1 Å². The van der Waals surface area contributed by atoms with Gasteiger partial charge in [-0.05, 0) is 81.0 Å². The highest BCUT2D eigenvalue weighted by atomic mass is 16.5. The minimum absolute atomic E-state index is 0.0146. The number of ether oxygens (including phenoxy) is 2. The Bertz CT molecular complexity index is 659. The maximum atomic E-state index is 12.7. The Morgan fingerprint density at radius 1 is 0.963 bits per heavy atom. The van der Waals surface area contributed by atoms with Crippen molar-refractivity contribution in [3.8, 4) is 0 Å². The Hall–Kier alpha value is -1.06. The quantitative estimate of drug-likeness (QED) is 0.644. The largest absolute Gasteiger partial charge is 0.469 e. The van der Waals surface area contributed by atoms with Crippen molar-refractivity contribution in [1.29, 1.82) is 0 Å². The third-order valence-electron chi connectivity index (χ3n) is 9.53. The number of methoxy groups -OCH3 is 1. The van der Waals surface area contributed by atoms with Crippen molar-refractivity contribution >= 4 is 11.9 Å². The van der Waals surface area contributed by atoms with Gasteiger partial charge in [0.25, 0.3) is 0 Å². The van der Waals surface area contributed by atoms with E-state index in [0.717, 1.165) is 38.5 Å². The number of carbonyl (C=O) groups is 2. The van der Waals surface area contributed by atoms with Crippen LogP contribution in [0.2, 0.25) is 0 Å². The van der Waals surface area contributed by atoms with Crippen molar-refractivity contribution in [2.75, 3.05) is 7.11 Å². The maximum Gasteiger partial charge on any atom is 0.311 e. The molecule has 152 valence electrons. The number of rotatable bonds is 2. The van der Waals surface area contributed by atoms with Crippen LogP contribution in [-0.4, -0.2) is 25.2 Å². The van der Waals surface area contributed by atoms with E-state index >= 15 is 0 Å². The zero-order valence-corrected chi connectivity index (χ0v) is 17.7. The van der Waals surface area contributed by atoms with Gasteiger partial charge in [-0.3, -0.25) is 9.59 Å². The SMILES string of the molecule is COC(=O)[C@]1(C)CCC[C@@]2(C)C3CC[C@@]4(C)C[C@]3(CC[C@H]12)CC4OC(C)=O. The second-order valence-electron chi connectivity index (χ2n) is 10.9. The van der Waals surface area contributed by atoms with E-state index in [9.17, 15) is 9.59 Å². The minimum Gasteiger partial charge on any atom is -0.469 e. The first-order chi connectivity index (χ1) is 12.6. The molecule has 0 radical (unpaired) electrons. The normalized spacial score (nSPS) is 51.1. The minimum atomic E-state index is -0.349. The molecule has 4 saturated carbocycles. The van der Waals surface area contributed by atoms with E-state index in [1.165, 1.54) is 26.4 Å². The molecule has 0 aromatic heterocycles. The van der Waals surface area contributed by atoms with Gasteiger partial charge < -0.3 is 9.47 Å². The standard InChI is InChI=1S/C23H36O4/c1-15(24)27-18-13-23-12-8-16-21(3,17(23)7-11-20(18,2)14-23)9-6-10-22(16,4)19(25)26-5/h16-18H,6-14H2,1-5H3/t16-,17?,18?,20-,21+,22+,23-/m0/s1. The fraction of sp³-hybridized carbons (Fsp3) is 0.913. The lowest BCUT2D eigenvalue weighted by atomic mass is 9.40. The summed E-state index contributed by atoms with van der Waals surface area (Å²) in [5, 5.41) is 0. The fourth-order valence-electron chi connectivity index (χ4n) is 8.57. The van der Waals surface area contributed by atoms with Gasteiger partial charge in [-0.2, -0.15) is 0 Å². The molecule has 0 saturated heterocycles. The summed E-state index contributed by atoms with van der Waals surface area (Å²) in [6.07, 6.45) is 10.1. The lowest BCUT2D eigenvalue weighted by Gasteiger charge is -2.64. The van der Waals surface area contributed by atoms with Crippen LogP contribution in [0.5, 0.6) is 0 Å². The topological polar surface area (TPSA) is 52.6 Å². The van der Waals surface area contributed by atoms with Crippen molar-refractivity contribution in [3.05, 3.63) is 0 Å². The highest BCUT2D eigenvalue weighted by Crippen LogP contribution is 2.74. The molecule has 0 aromatic rings. The summed E-state index contributed by atoms with van der Waals surface area (Å²) in [6.45, 7) is 8.49. The lowest BCUT2D eigenvalue weighted by Crippen LogP contribution is -2.58. The van der Waals surface area contributed by atoms with Gasteiger partial charge in [0.15, 0.2) is 0 Å². The molecule has 1 spiro atoms. The molecule has 4 aliphatic rings. The molecule has 27 heavy (non-hydrogen) atoms. The zero-order chi connectivity index (χ0) is 19.7. The van der Waals surface area contributed by atoms with Gasteiger partial charge in [0.1, 0.15) is 6.10 Å². The smallest absolute Gasteiger partial charge is 0.311 e. The molecule has 2 unspecified atom stereocenters. The van der Waals surface area contributed by atoms with Crippen LogP contribution in [-0.2, 0) is 19.1 Å². The zero-order valence-electron chi connectivity index (χ0n) is 17.7. The summed E-state index contributed by atoms with van der Waals surface area (Å²) >= 11 is 0. The molecule has 4 nitrogen and oxygen atoms in total. The summed E-state index contributed by atoms with van der Waals surface area (Å²) in [5.74, 6) is 0.873. The molecule has 2 bridgehead atoms. The Morgan fingerprint density at radius 3 is 2.33 bits per heavy atom. The third kappa shape index (κ3) is 2.54. The van der Waals surface area contributed by atoms with E-state index in [-0.39, 0.29) is 39.7 Å². The van der Waals surface area contributed by atoms with Gasteiger partial charge in [0.2, 0.25) is 0 Å². The van der Waals surface area contributed by atoms with Crippen LogP contribution >= 0.6 is 0 Å². The van der Waals surface area contributed by atoms with Gasteiger partial charge in [0, 0.05) is 12.3 Å². The molecular weight excluding hydrogens is 340 g/mol. The van der Waals surface area contributed by atoms with E-state index < -0.39 is 0 Å². The molecule has 4 heteroatoms. The van der Waals surface area contributed by atoms with Crippen LogP contribution in [0.3, 0.4) is 0 Å². The number of hydrogen-bond acceptors (Lipinski definition) is 4. The molecule has 0 N–H and O–H groups in total. The Kier molecular flexibility index (Phi) is 4.26. The van der Waals surface area contributed by atoms with Gasteiger partial charge in [0.05, 0.1) is 12.5 Å². The first-order valence-corrected chi connectivity index (χ1v) is 10.9. The van der Waals surface area contributed by atoms with Crippen molar-refractivity contribution in [2.45, 2.75) is 91.6 Å². The molecule has 0 aliphatic heterocycles. The summed E-state index contributed by atoms with van der Waals surface area (Å²) in [6, 6.07) is 0. The van der Waals surface area contributed by atoms with Crippen LogP contribution in [0.15, 0.2) is 0 Å². The molecule has 7 atom stereocenters. The van der Waals surface area contributed by atoms with E-state index in [1.54, 1.807) is 6.92 Å². The number of hydrogen-bond donors (Lipinski definition) is 0. The van der Waals surface area contributed by atoms with Gasteiger partial charge in [-0.25, -0.2) is 0 Å². The van der Waals surface area contributed by atoms with E-state index in [4.69, 9.17) is 9.47 Å². The average molecular weight is 377 g/mol. The highest BCUT2D eigenvalue weighted by molar-refractivity contribution is 5.77. The van der Waals surface area contributed by atoms with E-state index in [0.29, 0.717) is 11.8 Å². The predicted octanol–water partition coefficient (Wildman–Crippen LogP) is 4.89. The number of carbonyl (C=O) groups excluding carboxylic acids is 2. The monoisotopic (exact) mass is 376 g/mol. The van der Waals surface area contributed by atoms with Gasteiger partial charge in [-0.1, -0.05) is 20.3 Å². The second kappa shape index (κ2) is 5.97. The predicted molar refractivity (Wildman–Crippen MR) is 103 cm³/mol. The highest BCUT2D eigenvalue weighted by Gasteiger charge is 2.68. The number of esters is 2. The second-order valence-corrected chi connectivity index (χ2v) is 10.9. The molecule has 0 heterocycles. The maximum absolute atomic E-state index is 12.7. The average Bonchev–Trinajstić information content (AvgIpc) is 2.78. The summed E-state index contributed by atoms with van der Waals surface area (Å²) in [5.41, 5.74) is 0.252. The Balaban J connectivity index is 1.68. The van der Waals surface area contributed by atoms with E-state index in [1.807, 2.05) is 0 Å². The lowest BCUT2D eigenvalue weighted by molar-refractivity contribution is -0.185. The first kappa shape index (κ1) is 19.3. The molecule has 4 aliphatic carbocycles. The first-order valence-electron chi connectivity index (χ1n) is 10.9. The van der Waals surface area contributed by atoms with Crippen LogP contribution in [0.4, 0.5) is 0 Å². The Morgan fingerprint density at radius 2 is 1.67 bits per heavy atom. The molecule has 0 aromatic carbocycles. The molecule has 4 rings (SSSR count). The number of fused-ring (bicyclic) bond motifs is 3. The van der Waals surface area contributed by atoms with Crippen LogP contribution in [0.1, 0.15) is 85.5 Å². The summed E-state index contributed by atoms with van der Waals surface area (Å²) in [7, 11) is 1.54. The van der Waals surface area contributed by atoms with E-state index in [2.05, 4.69) is 20.8 Å². The van der Waals surface area contributed by atoms with Crippen LogP contribution < -0.4 is 0 Å². The molecular formula is C23H36O4.